The van der Waals surface area contributed by atoms with Crippen molar-refractivity contribution in [1.29, 1.82) is 0 Å². The zero-order valence-electron chi connectivity index (χ0n) is 12.1. The van der Waals surface area contributed by atoms with Gasteiger partial charge in [0, 0.05) is 18.7 Å². The predicted octanol–water partition coefficient (Wildman–Crippen LogP) is -0.875. The summed E-state index contributed by atoms with van der Waals surface area (Å²) in [7, 11) is -2.09. The first-order chi connectivity index (χ1) is 9.55. The first-order valence-electron chi connectivity index (χ1n) is 6.09. The summed E-state index contributed by atoms with van der Waals surface area (Å²) in [4.78, 5) is 33.5. The summed E-state index contributed by atoms with van der Waals surface area (Å²) in [6.07, 6.45) is 0.738. The monoisotopic (exact) mass is 324 g/mol. The van der Waals surface area contributed by atoms with E-state index in [0.717, 1.165) is 6.26 Å². The van der Waals surface area contributed by atoms with Crippen molar-refractivity contribution < 1.29 is 32.6 Å². The van der Waals surface area contributed by atoms with Crippen molar-refractivity contribution in [3.8, 4) is 0 Å². The van der Waals surface area contributed by atoms with Crippen LogP contribution >= 0.6 is 0 Å². The summed E-state index contributed by atoms with van der Waals surface area (Å²) in [6.45, 7) is 1.48. The Labute approximate surface area is 123 Å². The SMILES string of the molecule is COC(=O)CC[C@H](NC(=O)NC(C)CS(C)(=O)=O)C(=O)O. The average molecular weight is 324 g/mol. The maximum Gasteiger partial charge on any atom is 0.326 e. The van der Waals surface area contributed by atoms with E-state index >= 15 is 0 Å². The van der Waals surface area contributed by atoms with E-state index < -0.39 is 39.9 Å². The lowest BCUT2D eigenvalue weighted by Crippen LogP contribution is -2.49. The van der Waals surface area contributed by atoms with E-state index in [1.807, 2.05) is 0 Å². The molecule has 0 bridgehead atoms. The standard InChI is InChI=1S/C11H20N2O7S/c1-7(6-21(3,18)19)12-11(17)13-8(10(15)16)4-5-9(14)20-2/h7-8H,4-6H2,1-3H3,(H,15,16)(H2,12,13,17)/t7?,8-/m0/s1. The smallest absolute Gasteiger partial charge is 0.326 e. The van der Waals surface area contributed by atoms with Gasteiger partial charge in [0.15, 0.2) is 0 Å². The van der Waals surface area contributed by atoms with Crippen LogP contribution in [-0.4, -0.2) is 62.7 Å². The molecule has 10 heteroatoms. The third-order valence-corrected chi connectivity index (χ3v) is 3.50. The van der Waals surface area contributed by atoms with Crippen LogP contribution in [0.25, 0.3) is 0 Å². The predicted molar refractivity (Wildman–Crippen MR) is 73.5 cm³/mol. The minimum Gasteiger partial charge on any atom is -0.480 e. The second kappa shape index (κ2) is 8.45. The Balaban J connectivity index is 4.41. The van der Waals surface area contributed by atoms with Crippen molar-refractivity contribution in [3.05, 3.63) is 0 Å². The second-order valence-corrected chi connectivity index (χ2v) is 6.80. The van der Waals surface area contributed by atoms with Gasteiger partial charge in [0.25, 0.3) is 0 Å². The highest BCUT2D eigenvalue weighted by atomic mass is 32.2. The van der Waals surface area contributed by atoms with Gasteiger partial charge in [-0.15, -0.1) is 0 Å². The Hall–Kier alpha value is -1.84. The van der Waals surface area contributed by atoms with Crippen LogP contribution in [0.4, 0.5) is 4.79 Å². The molecule has 122 valence electrons. The molecular weight excluding hydrogens is 304 g/mol. The molecule has 21 heavy (non-hydrogen) atoms. The first kappa shape index (κ1) is 19.2. The van der Waals surface area contributed by atoms with E-state index in [0.29, 0.717) is 0 Å². The van der Waals surface area contributed by atoms with E-state index in [-0.39, 0.29) is 18.6 Å². The number of nitrogens with one attached hydrogen (secondary N) is 2. The Kier molecular flexibility index (Phi) is 7.71. The van der Waals surface area contributed by atoms with Gasteiger partial charge in [-0.05, 0) is 13.3 Å². The molecule has 2 atom stereocenters. The van der Waals surface area contributed by atoms with E-state index in [4.69, 9.17) is 5.11 Å². The third kappa shape index (κ3) is 9.66. The Morgan fingerprint density at radius 1 is 1.24 bits per heavy atom. The maximum atomic E-state index is 11.6. The van der Waals surface area contributed by atoms with Crippen LogP contribution in [0.15, 0.2) is 0 Å². The zero-order chi connectivity index (χ0) is 16.6. The molecule has 0 rings (SSSR count). The molecule has 0 saturated carbocycles. The molecule has 0 fully saturated rings. The summed E-state index contributed by atoms with van der Waals surface area (Å²) < 4.78 is 26.5. The number of hydrogen-bond acceptors (Lipinski definition) is 6. The van der Waals surface area contributed by atoms with Gasteiger partial charge in [0.05, 0.1) is 12.9 Å². The van der Waals surface area contributed by atoms with E-state index in [1.54, 1.807) is 0 Å². The average Bonchev–Trinajstić information content (AvgIpc) is 2.30. The van der Waals surface area contributed by atoms with Gasteiger partial charge < -0.3 is 20.5 Å². The lowest BCUT2D eigenvalue weighted by atomic mass is 10.1. The number of sulfone groups is 1. The molecule has 0 aromatic carbocycles. The second-order valence-electron chi connectivity index (χ2n) is 4.62. The minimum atomic E-state index is -3.26. The van der Waals surface area contributed by atoms with Gasteiger partial charge in [-0.25, -0.2) is 18.0 Å². The molecule has 0 aromatic rings. The fourth-order valence-corrected chi connectivity index (χ4v) is 2.53. The summed E-state index contributed by atoms with van der Waals surface area (Å²) in [5.74, 6) is -2.15. The van der Waals surface area contributed by atoms with Crippen LogP contribution < -0.4 is 10.6 Å². The number of urea groups is 1. The van der Waals surface area contributed by atoms with Gasteiger partial charge in [-0.3, -0.25) is 4.79 Å². The van der Waals surface area contributed by atoms with Crippen LogP contribution in [0, 0.1) is 0 Å². The number of carbonyl (C=O) groups is 3. The van der Waals surface area contributed by atoms with Gasteiger partial charge in [-0.2, -0.15) is 0 Å². The summed E-state index contributed by atoms with van der Waals surface area (Å²) in [5.41, 5.74) is 0. The molecule has 1 unspecified atom stereocenters. The zero-order valence-corrected chi connectivity index (χ0v) is 12.9. The number of esters is 1. The topological polar surface area (TPSA) is 139 Å². The number of methoxy groups -OCH3 is 1. The summed E-state index contributed by atoms with van der Waals surface area (Å²) >= 11 is 0. The highest BCUT2D eigenvalue weighted by Crippen LogP contribution is 2.00. The van der Waals surface area contributed by atoms with Crippen LogP contribution in [0.1, 0.15) is 19.8 Å². The largest absolute Gasteiger partial charge is 0.480 e. The van der Waals surface area contributed by atoms with Crippen LogP contribution in [0.2, 0.25) is 0 Å². The highest BCUT2D eigenvalue weighted by molar-refractivity contribution is 7.90. The molecule has 0 heterocycles. The molecule has 0 spiro atoms. The normalized spacial score (nSPS) is 13.9. The molecule has 0 radical (unpaired) electrons. The molecular formula is C11H20N2O7S. The van der Waals surface area contributed by atoms with E-state index in [9.17, 15) is 22.8 Å². The fraction of sp³-hybridized carbons (Fsp3) is 0.727. The van der Waals surface area contributed by atoms with Crippen molar-refractivity contribution in [1.82, 2.24) is 10.6 Å². The fourth-order valence-electron chi connectivity index (χ4n) is 1.54. The van der Waals surface area contributed by atoms with Gasteiger partial charge in [0.2, 0.25) is 0 Å². The number of carboxylic acid groups (broad SMARTS) is 1. The number of aliphatic carboxylic acids is 1. The Bertz CT molecular complexity index is 489. The van der Waals surface area contributed by atoms with Crippen molar-refractivity contribution in [2.75, 3.05) is 19.1 Å². The molecule has 3 N–H and O–H groups in total. The molecule has 0 aliphatic rings. The summed E-state index contributed by atoms with van der Waals surface area (Å²) in [6, 6.07) is -2.76. The molecule has 9 nitrogen and oxygen atoms in total. The van der Waals surface area contributed by atoms with Crippen molar-refractivity contribution in [2.24, 2.45) is 0 Å². The summed E-state index contributed by atoms with van der Waals surface area (Å²) in [5, 5.41) is 13.4. The number of hydrogen-bond donors (Lipinski definition) is 3. The molecule has 0 saturated heterocycles. The molecule has 0 aliphatic heterocycles. The van der Waals surface area contributed by atoms with Gasteiger partial charge in [-0.1, -0.05) is 0 Å². The molecule has 2 amide bonds. The molecule has 0 aliphatic carbocycles. The first-order valence-corrected chi connectivity index (χ1v) is 8.15. The van der Waals surface area contributed by atoms with Crippen molar-refractivity contribution in [3.63, 3.8) is 0 Å². The molecule has 0 aromatic heterocycles. The number of carboxylic acids is 1. The van der Waals surface area contributed by atoms with Gasteiger partial charge in [0.1, 0.15) is 15.9 Å². The van der Waals surface area contributed by atoms with Crippen LogP contribution in [0.3, 0.4) is 0 Å². The number of ether oxygens (including phenoxy) is 1. The number of rotatable bonds is 8. The van der Waals surface area contributed by atoms with Crippen LogP contribution in [-0.2, 0) is 24.2 Å². The van der Waals surface area contributed by atoms with Crippen LogP contribution in [0.5, 0.6) is 0 Å². The maximum absolute atomic E-state index is 11.6. The Morgan fingerprint density at radius 2 is 1.81 bits per heavy atom. The quantitative estimate of drug-likeness (QED) is 0.493. The van der Waals surface area contributed by atoms with E-state index in [2.05, 4.69) is 15.4 Å². The number of carbonyl (C=O) groups excluding carboxylic acids is 2. The van der Waals surface area contributed by atoms with Crippen molar-refractivity contribution in [2.45, 2.75) is 31.8 Å². The van der Waals surface area contributed by atoms with Gasteiger partial charge >= 0.3 is 18.0 Å². The third-order valence-electron chi connectivity index (χ3n) is 2.40. The van der Waals surface area contributed by atoms with Crippen molar-refractivity contribution >= 4 is 27.8 Å². The lowest BCUT2D eigenvalue weighted by Gasteiger charge is -2.17. The van der Waals surface area contributed by atoms with E-state index in [1.165, 1.54) is 14.0 Å². The minimum absolute atomic E-state index is 0.129. The lowest BCUT2D eigenvalue weighted by molar-refractivity contribution is -0.142. The Morgan fingerprint density at radius 3 is 2.24 bits per heavy atom. The highest BCUT2D eigenvalue weighted by Gasteiger charge is 2.22. The number of amides is 2.